The summed E-state index contributed by atoms with van der Waals surface area (Å²) < 4.78 is 25.1. The Morgan fingerprint density at radius 1 is 1.00 bits per heavy atom. The second kappa shape index (κ2) is 7.16. The van der Waals surface area contributed by atoms with Gasteiger partial charge in [-0.3, -0.25) is 0 Å². The second-order valence-corrected chi connectivity index (χ2v) is 9.54. The third kappa shape index (κ3) is 4.91. The molecule has 0 spiro atoms. The van der Waals surface area contributed by atoms with Crippen molar-refractivity contribution < 1.29 is 8.42 Å². The highest BCUT2D eigenvalue weighted by molar-refractivity contribution is 7.88. The number of nitrogens with zero attached hydrogens (tertiary/aromatic N) is 2. The van der Waals surface area contributed by atoms with E-state index < -0.39 is 10.0 Å². The molecule has 1 atom stereocenters. The van der Waals surface area contributed by atoms with E-state index in [0.717, 1.165) is 38.5 Å². The molecular weight excluding hydrogens is 298 g/mol. The molecule has 22 heavy (non-hydrogen) atoms. The van der Waals surface area contributed by atoms with Gasteiger partial charge in [-0.25, -0.2) is 12.7 Å². The van der Waals surface area contributed by atoms with Crippen LogP contribution in [0.3, 0.4) is 0 Å². The molecule has 1 saturated carbocycles. The number of rotatable bonds is 6. The fourth-order valence-corrected chi connectivity index (χ4v) is 4.76. The number of hydrogen-bond acceptors (Lipinski definition) is 4. The van der Waals surface area contributed by atoms with E-state index in [0.29, 0.717) is 18.5 Å². The summed E-state index contributed by atoms with van der Waals surface area (Å²) in [6.45, 7) is 6.05. The van der Waals surface area contributed by atoms with Crippen LogP contribution in [0.15, 0.2) is 0 Å². The molecule has 1 unspecified atom stereocenters. The monoisotopic (exact) mass is 329 g/mol. The lowest BCUT2D eigenvalue weighted by Gasteiger charge is -2.37. The number of piperidine rings is 2. The Hall–Kier alpha value is -0.170. The van der Waals surface area contributed by atoms with Crippen molar-refractivity contribution in [1.29, 1.82) is 0 Å². The third-order valence-corrected chi connectivity index (χ3v) is 6.72. The third-order valence-electron chi connectivity index (χ3n) is 5.45. The van der Waals surface area contributed by atoms with Crippen molar-refractivity contribution in [2.45, 2.75) is 44.6 Å². The van der Waals surface area contributed by atoms with Gasteiger partial charge in [0, 0.05) is 25.7 Å². The summed E-state index contributed by atoms with van der Waals surface area (Å²) in [5.74, 6) is 1.47. The summed E-state index contributed by atoms with van der Waals surface area (Å²) in [5.41, 5.74) is 0. The van der Waals surface area contributed by atoms with E-state index in [1.54, 1.807) is 4.31 Å². The van der Waals surface area contributed by atoms with Gasteiger partial charge in [0.25, 0.3) is 0 Å². The zero-order chi connectivity index (χ0) is 15.6. The van der Waals surface area contributed by atoms with Crippen molar-refractivity contribution >= 4 is 10.0 Å². The van der Waals surface area contributed by atoms with Gasteiger partial charge in [-0.1, -0.05) is 0 Å². The van der Waals surface area contributed by atoms with Crippen molar-refractivity contribution in [3.63, 3.8) is 0 Å². The molecule has 128 valence electrons. The number of hydrogen-bond donors (Lipinski definition) is 1. The lowest BCUT2D eigenvalue weighted by molar-refractivity contribution is 0.143. The molecule has 3 aliphatic rings. The Kier molecular flexibility index (Phi) is 5.43. The van der Waals surface area contributed by atoms with Crippen LogP contribution in [-0.4, -0.2) is 69.2 Å². The quantitative estimate of drug-likeness (QED) is 0.793. The SMILES string of the molecule is CS(=O)(=O)N1CCCC(CN2CCC(NCC3CC3)CC2)C1. The first kappa shape index (κ1) is 16.7. The Morgan fingerprint density at radius 2 is 1.73 bits per heavy atom. The van der Waals surface area contributed by atoms with Gasteiger partial charge in [0.15, 0.2) is 0 Å². The second-order valence-electron chi connectivity index (χ2n) is 7.56. The molecule has 6 heteroatoms. The predicted molar refractivity (Wildman–Crippen MR) is 89.3 cm³/mol. The van der Waals surface area contributed by atoms with Crippen molar-refractivity contribution in [3.8, 4) is 0 Å². The van der Waals surface area contributed by atoms with Gasteiger partial charge in [-0.05, 0) is 70.0 Å². The fraction of sp³-hybridized carbons (Fsp3) is 1.00. The van der Waals surface area contributed by atoms with Crippen molar-refractivity contribution in [1.82, 2.24) is 14.5 Å². The summed E-state index contributed by atoms with van der Waals surface area (Å²) >= 11 is 0. The van der Waals surface area contributed by atoms with E-state index in [9.17, 15) is 8.42 Å². The maximum Gasteiger partial charge on any atom is 0.211 e. The van der Waals surface area contributed by atoms with Crippen LogP contribution in [0.2, 0.25) is 0 Å². The molecule has 0 aromatic carbocycles. The lowest BCUT2D eigenvalue weighted by Crippen LogP contribution is -2.47. The largest absolute Gasteiger partial charge is 0.314 e. The van der Waals surface area contributed by atoms with Crippen LogP contribution in [-0.2, 0) is 10.0 Å². The van der Waals surface area contributed by atoms with Crippen LogP contribution < -0.4 is 5.32 Å². The minimum Gasteiger partial charge on any atom is -0.314 e. The summed E-state index contributed by atoms with van der Waals surface area (Å²) in [4.78, 5) is 2.55. The average Bonchev–Trinajstić information content (AvgIpc) is 3.30. The lowest BCUT2D eigenvalue weighted by atomic mass is 9.97. The van der Waals surface area contributed by atoms with E-state index in [2.05, 4.69) is 10.2 Å². The normalized spacial score (nSPS) is 29.8. The number of nitrogens with one attached hydrogen (secondary N) is 1. The Morgan fingerprint density at radius 3 is 2.36 bits per heavy atom. The Bertz CT molecular complexity index is 456. The van der Waals surface area contributed by atoms with E-state index in [1.807, 2.05) is 0 Å². The molecule has 1 N–H and O–H groups in total. The maximum absolute atomic E-state index is 11.7. The molecule has 2 heterocycles. The highest BCUT2D eigenvalue weighted by Crippen LogP contribution is 2.28. The van der Waals surface area contributed by atoms with Crippen LogP contribution in [0.4, 0.5) is 0 Å². The number of sulfonamides is 1. The van der Waals surface area contributed by atoms with Crippen molar-refractivity contribution in [2.75, 3.05) is 45.5 Å². The summed E-state index contributed by atoms with van der Waals surface area (Å²) in [7, 11) is -3.01. The van der Waals surface area contributed by atoms with Crippen LogP contribution in [0.1, 0.15) is 38.5 Å². The van der Waals surface area contributed by atoms with Crippen molar-refractivity contribution in [2.24, 2.45) is 11.8 Å². The molecule has 0 aromatic heterocycles. The van der Waals surface area contributed by atoms with Gasteiger partial charge in [0.05, 0.1) is 6.26 Å². The highest BCUT2D eigenvalue weighted by atomic mass is 32.2. The first-order chi connectivity index (χ1) is 10.5. The molecular formula is C16H31N3O2S. The van der Waals surface area contributed by atoms with Crippen LogP contribution >= 0.6 is 0 Å². The Balaban J connectivity index is 1.38. The molecule has 1 aliphatic carbocycles. The van der Waals surface area contributed by atoms with Gasteiger partial charge in [-0.2, -0.15) is 0 Å². The minimum absolute atomic E-state index is 0.513. The zero-order valence-electron chi connectivity index (χ0n) is 13.8. The topological polar surface area (TPSA) is 52.7 Å². The zero-order valence-corrected chi connectivity index (χ0v) is 14.7. The molecule has 0 bridgehead atoms. The molecule has 0 amide bonds. The molecule has 0 radical (unpaired) electrons. The number of likely N-dealkylation sites (tertiary alicyclic amines) is 1. The molecule has 3 rings (SSSR count). The van der Waals surface area contributed by atoms with E-state index in [1.165, 1.54) is 44.9 Å². The average molecular weight is 330 g/mol. The van der Waals surface area contributed by atoms with Gasteiger partial charge >= 0.3 is 0 Å². The first-order valence-corrected chi connectivity index (χ1v) is 10.8. The minimum atomic E-state index is -3.01. The van der Waals surface area contributed by atoms with Crippen LogP contribution in [0.5, 0.6) is 0 Å². The molecule has 2 saturated heterocycles. The summed E-state index contributed by atoms with van der Waals surface area (Å²) in [5, 5.41) is 3.72. The molecule has 0 aromatic rings. The Labute approximate surface area is 135 Å². The highest BCUT2D eigenvalue weighted by Gasteiger charge is 2.29. The predicted octanol–water partition coefficient (Wildman–Crippen LogP) is 1.12. The molecule has 3 fully saturated rings. The smallest absolute Gasteiger partial charge is 0.211 e. The standard InChI is InChI=1S/C16H31N3O2S/c1-22(20,21)19-8-2-3-15(13-19)12-18-9-6-16(7-10-18)17-11-14-4-5-14/h14-17H,2-13H2,1H3. The van der Waals surface area contributed by atoms with E-state index in [4.69, 9.17) is 0 Å². The van der Waals surface area contributed by atoms with Crippen LogP contribution in [0, 0.1) is 11.8 Å². The summed E-state index contributed by atoms with van der Waals surface area (Å²) in [6.07, 6.45) is 8.86. The van der Waals surface area contributed by atoms with Gasteiger partial charge in [-0.15, -0.1) is 0 Å². The fourth-order valence-electron chi connectivity index (χ4n) is 3.82. The van der Waals surface area contributed by atoms with Gasteiger partial charge in [0.1, 0.15) is 0 Å². The van der Waals surface area contributed by atoms with Gasteiger partial charge in [0.2, 0.25) is 10.0 Å². The van der Waals surface area contributed by atoms with E-state index in [-0.39, 0.29) is 0 Å². The van der Waals surface area contributed by atoms with E-state index >= 15 is 0 Å². The van der Waals surface area contributed by atoms with Gasteiger partial charge < -0.3 is 10.2 Å². The molecule has 5 nitrogen and oxygen atoms in total. The summed E-state index contributed by atoms with van der Waals surface area (Å²) in [6, 6.07) is 0.704. The molecule has 2 aliphatic heterocycles. The first-order valence-electron chi connectivity index (χ1n) is 8.91. The van der Waals surface area contributed by atoms with Crippen LogP contribution in [0.25, 0.3) is 0 Å². The maximum atomic E-state index is 11.7. The van der Waals surface area contributed by atoms with Crippen molar-refractivity contribution in [3.05, 3.63) is 0 Å².